The van der Waals surface area contributed by atoms with Crippen molar-refractivity contribution in [2.75, 3.05) is 26.9 Å². The number of hydrogen-bond acceptors (Lipinski definition) is 4. The van der Waals surface area contributed by atoms with Crippen LogP contribution in [0.15, 0.2) is 24.3 Å². The van der Waals surface area contributed by atoms with Crippen molar-refractivity contribution in [1.82, 2.24) is 0 Å². The number of hydrogen-bond donors (Lipinski definition) is 1. The van der Waals surface area contributed by atoms with Crippen LogP contribution < -0.4 is 5.73 Å². The van der Waals surface area contributed by atoms with E-state index in [1.54, 1.807) is 19.1 Å². The van der Waals surface area contributed by atoms with Crippen LogP contribution in [0.2, 0.25) is 0 Å². The molecule has 0 aliphatic carbocycles. The van der Waals surface area contributed by atoms with Crippen molar-refractivity contribution >= 4 is 5.97 Å². The van der Waals surface area contributed by atoms with Gasteiger partial charge in [-0.15, -0.1) is 0 Å². The smallest absolute Gasteiger partial charge is 0.317 e. The molecule has 0 aliphatic heterocycles. The van der Waals surface area contributed by atoms with E-state index in [-0.39, 0.29) is 13.2 Å². The molecule has 0 saturated carbocycles. The number of methoxy groups -OCH3 is 1. The highest BCUT2D eigenvalue weighted by Gasteiger charge is 2.40. The van der Waals surface area contributed by atoms with Crippen molar-refractivity contribution in [3.05, 3.63) is 35.6 Å². The summed E-state index contributed by atoms with van der Waals surface area (Å²) in [6, 6.07) is 5.88. The first-order valence-corrected chi connectivity index (χ1v) is 6.23. The molecule has 0 heterocycles. The molecule has 0 fully saturated rings. The molecule has 2 N–H and O–H groups in total. The van der Waals surface area contributed by atoms with E-state index >= 15 is 0 Å². The molecule has 1 atom stereocenters. The summed E-state index contributed by atoms with van der Waals surface area (Å²) in [5, 5.41) is 0. The average molecular weight is 269 g/mol. The Kier molecular flexibility index (Phi) is 5.92. The van der Waals surface area contributed by atoms with Gasteiger partial charge in [0.2, 0.25) is 0 Å². The summed E-state index contributed by atoms with van der Waals surface area (Å²) in [4.78, 5) is 12.2. The molecular formula is C14H20FNO3. The maximum atomic E-state index is 13.4. The van der Waals surface area contributed by atoms with E-state index in [1.807, 2.05) is 0 Å². The van der Waals surface area contributed by atoms with Crippen molar-refractivity contribution < 1.29 is 18.7 Å². The highest BCUT2D eigenvalue weighted by atomic mass is 19.1. The largest absolute Gasteiger partial charge is 0.465 e. The molecular weight excluding hydrogens is 249 g/mol. The highest BCUT2D eigenvalue weighted by Crippen LogP contribution is 2.29. The van der Waals surface area contributed by atoms with Gasteiger partial charge in [-0.3, -0.25) is 4.79 Å². The SMILES string of the molecule is CCOC(=O)C(CN)(CCOC)c1cccc(F)c1. The molecule has 0 radical (unpaired) electrons. The van der Waals surface area contributed by atoms with Crippen molar-refractivity contribution in [3.63, 3.8) is 0 Å². The van der Waals surface area contributed by atoms with Crippen molar-refractivity contribution in [3.8, 4) is 0 Å². The zero-order valence-corrected chi connectivity index (χ0v) is 11.3. The maximum Gasteiger partial charge on any atom is 0.317 e. The second-order valence-electron chi connectivity index (χ2n) is 4.26. The fourth-order valence-electron chi connectivity index (χ4n) is 2.00. The maximum absolute atomic E-state index is 13.4. The summed E-state index contributed by atoms with van der Waals surface area (Å²) in [6.45, 7) is 2.36. The van der Waals surface area contributed by atoms with Crippen LogP contribution in [-0.2, 0) is 19.7 Å². The Balaban J connectivity index is 3.18. The van der Waals surface area contributed by atoms with E-state index in [9.17, 15) is 9.18 Å². The monoisotopic (exact) mass is 269 g/mol. The predicted molar refractivity (Wildman–Crippen MR) is 70.3 cm³/mol. The lowest BCUT2D eigenvalue weighted by molar-refractivity contribution is -0.150. The van der Waals surface area contributed by atoms with E-state index in [4.69, 9.17) is 15.2 Å². The van der Waals surface area contributed by atoms with Gasteiger partial charge in [-0.2, -0.15) is 0 Å². The van der Waals surface area contributed by atoms with Crippen LogP contribution in [0.25, 0.3) is 0 Å². The Labute approximate surface area is 112 Å². The van der Waals surface area contributed by atoms with Gasteiger partial charge in [-0.1, -0.05) is 12.1 Å². The molecule has 0 spiro atoms. The third-order valence-electron chi connectivity index (χ3n) is 3.12. The summed E-state index contributed by atoms with van der Waals surface area (Å²) in [7, 11) is 1.54. The first-order chi connectivity index (χ1) is 9.10. The van der Waals surface area contributed by atoms with Gasteiger partial charge in [-0.25, -0.2) is 4.39 Å². The molecule has 1 aromatic carbocycles. The van der Waals surface area contributed by atoms with Gasteiger partial charge in [0.15, 0.2) is 0 Å². The number of ether oxygens (including phenoxy) is 2. The van der Waals surface area contributed by atoms with Gasteiger partial charge in [0, 0.05) is 20.3 Å². The Morgan fingerprint density at radius 3 is 2.74 bits per heavy atom. The quantitative estimate of drug-likeness (QED) is 0.764. The van der Waals surface area contributed by atoms with Gasteiger partial charge in [0.1, 0.15) is 11.2 Å². The molecule has 0 bridgehead atoms. The molecule has 1 rings (SSSR count). The van der Waals surface area contributed by atoms with Gasteiger partial charge in [0.25, 0.3) is 0 Å². The van der Waals surface area contributed by atoms with E-state index in [1.165, 1.54) is 19.2 Å². The second-order valence-corrected chi connectivity index (χ2v) is 4.26. The first-order valence-electron chi connectivity index (χ1n) is 6.23. The Morgan fingerprint density at radius 1 is 1.47 bits per heavy atom. The molecule has 1 unspecified atom stereocenters. The topological polar surface area (TPSA) is 61.5 Å². The van der Waals surface area contributed by atoms with Crippen LogP contribution in [-0.4, -0.2) is 32.8 Å². The molecule has 0 saturated heterocycles. The summed E-state index contributed by atoms with van der Waals surface area (Å²) in [5.74, 6) is -0.850. The number of carbonyl (C=O) groups excluding carboxylic acids is 1. The predicted octanol–water partition coefficient (Wildman–Crippen LogP) is 1.62. The normalized spacial score (nSPS) is 13.9. The van der Waals surface area contributed by atoms with E-state index < -0.39 is 17.2 Å². The minimum Gasteiger partial charge on any atom is -0.465 e. The van der Waals surface area contributed by atoms with E-state index in [2.05, 4.69) is 0 Å². The molecule has 0 amide bonds. The Morgan fingerprint density at radius 2 is 2.21 bits per heavy atom. The van der Waals surface area contributed by atoms with Crippen molar-refractivity contribution in [1.29, 1.82) is 0 Å². The van der Waals surface area contributed by atoms with Crippen LogP contribution in [0.3, 0.4) is 0 Å². The minimum absolute atomic E-state index is 0.0403. The van der Waals surface area contributed by atoms with Crippen LogP contribution in [0.4, 0.5) is 4.39 Å². The molecule has 5 heteroatoms. The summed E-state index contributed by atoms with van der Waals surface area (Å²) < 4.78 is 23.5. The summed E-state index contributed by atoms with van der Waals surface area (Å²) in [6.07, 6.45) is 0.349. The fraction of sp³-hybridized carbons (Fsp3) is 0.500. The third kappa shape index (κ3) is 3.52. The fourth-order valence-corrected chi connectivity index (χ4v) is 2.00. The molecule has 19 heavy (non-hydrogen) atoms. The molecule has 0 aliphatic rings. The van der Waals surface area contributed by atoms with Crippen LogP contribution in [0.5, 0.6) is 0 Å². The minimum atomic E-state index is -1.06. The lowest BCUT2D eigenvalue weighted by atomic mass is 9.77. The molecule has 4 nitrogen and oxygen atoms in total. The lowest BCUT2D eigenvalue weighted by Crippen LogP contribution is -2.45. The number of carbonyl (C=O) groups is 1. The van der Waals surface area contributed by atoms with Crippen LogP contribution in [0, 0.1) is 5.82 Å². The van der Waals surface area contributed by atoms with Gasteiger partial charge in [-0.05, 0) is 31.0 Å². The first kappa shape index (κ1) is 15.6. The van der Waals surface area contributed by atoms with Gasteiger partial charge in [0.05, 0.1) is 6.61 Å². The number of nitrogens with two attached hydrogens (primary N) is 1. The van der Waals surface area contributed by atoms with E-state index in [0.29, 0.717) is 18.6 Å². The van der Waals surface area contributed by atoms with Crippen molar-refractivity contribution in [2.24, 2.45) is 5.73 Å². The average Bonchev–Trinajstić information content (AvgIpc) is 2.40. The van der Waals surface area contributed by atoms with Crippen molar-refractivity contribution in [2.45, 2.75) is 18.8 Å². The zero-order chi connectivity index (χ0) is 14.3. The molecule has 0 aromatic heterocycles. The summed E-state index contributed by atoms with van der Waals surface area (Å²) >= 11 is 0. The van der Waals surface area contributed by atoms with Crippen LogP contribution >= 0.6 is 0 Å². The number of benzene rings is 1. The van der Waals surface area contributed by atoms with Gasteiger partial charge >= 0.3 is 5.97 Å². The van der Waals surface area contributed by atoms with Gasteiger partial charge < -0.3 is 15.2 Å². The standard InChI is InChI=1S/C14H20FNO3/c1-3-19-13(17)14(10-16,7-8-18-2)11-5-4-6-12(15)9-11/h4-6,9H,3,7-8,10,16H2,1-2H3. The number of rotatable bonds is 7. The zero-order valence-electron chi connectivity index (χ0n) is 11.3. The Bertz CT molecular complexity index is 425. The van der Waals surface area contributed by atoms with Crippen LogP contribution in [0.1, 0.15) is 18.9 Å². The number of halogens is 1. The molecule has 106 valence electrons. The third-order valence-corrected chi connectivity index (χ3v) is 3.12. The summed E-state index contributed by atoms with van der Waals surface area (Å²) in [5.41, 5.74) is 5.24. The second kappa shape index (κ2) is 7.21. The lowest BCUT2D eigenvalue weighted by Gasteiger charge is -2.30. The highest BCUT2D eigenvalue weighted by molar-refractivity contribution is 5.83. The van der Waals surface area contributed by atoms with E-state index in [0.717, 1.165) is 0 Å². The molecule has 1 aromatic rings. The Hall–Kier alpha value is -1.46. The number of esters is 1.